The van der Waals surface area contributed by atoms with E-state index in [0.717, 1.165) is 36.2 Å². The molecule has 7 heteroatoms. The molecular formula is C17H23NO5S. The van der Waals surface area contributed by atoms with Crippen LogP contribution in [0.3, 0.4) is 0 Å². The zero-order chi connectivity index (χ0) is 18.1. The van der Waals surface area contributed by atoms with Crippen LogP contribution in [0.15, 0.2) is 23.1 Å². The lowest BCUT2D eigenvalue weighted by Gasteiger charge is -2.23. The predicted molar refractivity (Wildman–Crippen MR) is 89.0 cm³/mol. The Morgan fingerprint density at radius 3 is 2.54 bits per heavy atom. The summed E-state index contributed by atoms with van der Waals surface area (Å²) in [6.07, 6.45) is 3.20. The maximum atomic E-state index is 11.3. The first-order valence-electron chi connectivity index (χ1n) is 7.97. The zero-order valence-corrected chi connectivity index (χ0v) is 15.0. The Morgan fingerprint density at radius 2 is 1.96 bits per heavy atom. The molecule has 0 amide bonds. The van der Waals surface area contributed by atoms with Crippen molar-refractivity contribution in [1.82, 2.24) is 0 Å². The van der Waals surface area contributed by atoms with Gasteiger partial charge in [-0.1, -0.05) is 12.8 Å². The summed E-state index contributed by atoms with van der Waals surface area (Å²) in [6.45, 7) is 4.05. The summed E-state index contributed by atoms with van der Waals surface area (Å²) in [5.41, 5.74) is 2.50. The molecule has 1 atom stereocenters. The Morgan fingerprint density at radius 1 is 1.29 bits per heavy atom. The monoisotopic (exact) mass is 353 g/mol. The van der Waals surface area contributed by atoms with E-state index in [0.29, 0.717) is 6.42 Å². The van der Waals surface area contributed by atoms with Gasteiger partial charge in [-0.25, -0.2) is 13.0 Å². The lowest BCUT2D eigenvalue weighted by Crippen LogP contribution is -2.29. The Balaban J connectivity index is 2.26. The Kier molecular flexibility index (Phi) is 5.15. The van der Waals surface area contributed by atoms with E-state index < -0.39 is 16.1 Å². The number of fused-ring (bicyclic) bond motifs is 1. The largest absolute Gasteiger partial charge is 0.744 e. The lowest BCUT2D eigenvalue weighted by atomic mass is 9.76. The van der Waals surface area contributed by atoms with Crippen LogP contribution in [0.4, 0.5) is 5.69 Å². The standard InChI is InChI=1S/C17H23NO5S/c1-12-17(2,10-6-4-5-7-16(19)20)14-11-13(24(21,22)23)8-9-15(14)18(12)3/h8-9,11H,4-7,10H2,1-3H3,(H-,19,20,21,22,23). The van der Waals surface area contributed by atoms with Crippen LogP contribution in [-0.2, 0) is 20.3 Å². The highest BCUT2D eigenvalue weighted by Crippen LogP contribution is 2.43. The number of rotatable bonds is 7. The van der Waals surface area contributed by atoms with Gasteiger partial charge in [0.25, 0.3) is 0 Å². The summed E-state index contributed by atoms with van der Waals surface area (Å²) >= 11 is 0. The van der Waals surface area contributed by atoms with Crippen molar-refractivity contribution in [1.29, 1.82) is 0 Å². The van der Waals surface area contributed by atoms with E-state index in [9.17, 15) is 17.8 Å². The minimum atomic E-state index is -4.49. The second-order valence-electron chi connectivity index (χ2n) is 6.56. The van der Waals surface area contributed by atoms with E-state index in [-0.39, 0.29) is 16.7 Å². The molecule has 1 aliphatic heterocycles. The Bertz CT molecular complexity index is 797. The molecule has 1 heterocycles. The van der Waals surface area contributed by atoms with Crippen molar-refractivity contribution >= 4 is 27.5 Å². The van der Waals surface area contributed by atoms with E-state index >= 15 is 0 Å². The zero-order valence-electron chi connectivity index (χ0n) is 14.2. The molecule has 1 aromatic carbocycles. The summed E-state index contributed by atoms with van der Waals surface area (Å²) < 4.78 is 36.0. The van der Waals surface area contributed by atoms with E-state index in [1.54, 1.807) is 6.07 Å². The third-order valence-electron chi connectivity index (χ3n) is 5.08. The number of carboxylic acid groups (broad SMARTS) is 1. The van der Waals surface area contributed by atoms with Crippen LogP contribution < -0.4 is 0 Å². The van der Waals surface area contributed by atoms with Gasteiger partial charge in [0.2, 0.25) is 5.69 Å². The van der Waals surface area contributed by atoms with Crippen LogP contribution in [0.25, 0.3) is 0 Å². The van der Waals surface area contributed by atoms with Crippen molar-refractivity contribution in [2.45, 2.75) is 56.3 Å². The molecule has 1 N–H and O–H groups in total. The molecule has 0 saturated heterocycles. The van der Waals surface area contributed by atoms with Gasteiger partial charge in [0.1, 0.15) is 17.2 Å². The molecule has 1 aliphatic rings. The third-order valence-corrected chi connectivity index (χ3v) is 5.91. The average Bonchev–Trinajstić information content (AvgIpc) is 2.68. The fraction of sp³-hybridized carbons (Fsp3) is 0.529. The van der Waals surface area contributed by atoms with Gasteiger partial charge in [-0.3, -0.25) is 4.79 Å². The van der Waals surface area contributed by atoms with Crippen molar-refractivity contribution < 1.29 is 27.4 Å². The Labute approximate surface area is 142 Å². The van der Waals surface area contributed by atoms with E-state index in [1.807, 2.05) is 25.5 Å². The number of aliphatic carboxylic acids is 1. The topological polar surface area (TPSA) is 97.5 Å². The Hall–Kier alpha value is -1.73. The molecule has 24 heavy (non-hydrogen) atoms. The van der Waals surface area contributed by atoms with Crippen molar-refractivity contribution in [3.8, 4) is 0 Å². The molecule has 0 spiro atoms. The molecule has 6 nitrogen and oxygen atoms in total. The van der Waals surface area contributed by atoms with E-state index in [2.05, 4.69) is 0 Å². The molecule has 0 bridgehead atoms. The first-order valence-corrected chi connectivity index (χ1v) is 9.38. The van der Waals surface area contributed by atoms with Gasteiger partial charge >= 0.3 is 5.97 Å². The maximum absolute atomic E-state index is 11.3. The molecule has 1 aromatic rings. The normalized spacial score (nSPS) is 20.3. The summed E-state index contributed by atoms with van der Waals surface area (Å²) in [5.74, 6) is -0.791. The second kappa shape index (κ2) is 6.64. The first-order chi connectivity index (χ1) is 11.1. The second-order valence-corrected chi connectivity index (χ2v) is 7.94. The first kappa shape index (κ1) is 18.6. The van der Waals surface area contributed by atoms with Gasteiger partial charge < -0.3 is 9.66 Å². The van der Waals surface area contributed by atoms with Crippen LogP contribution in [-0.4, -0.2) is 41.4 Å². The number of benzene rings is 1. The van der Waals surface area contributed by atoms with Crippen molar-refractivity contribution in [3.63, 3.8) is 0 Å². The molecule has 1 unspecified atom stereocenters. The quantitative estimate of drug-likeness (QED) is 0.462. The smallest absolute Gasteiger partial charge is 0.303 e. The summed E-state index contributed by atoms with van der Waals surface area (Å²) in [6, 6.07) is 4.52. The molecule has 132 valence electrons. The van der Waals surface area contributed by atoms with Gasteiger partial charge in [0.05, 0.1) is 10.3 Å². The van der Waals surface area contributed by atoms with Crippen LogP contribution in [0.2, 0.25) is 0 Å². The molecule has 0 aliphatic carbocycles. The van der Waals surface area contributed by atoms with Crippen molar-refractivity contribution in [2.24, 2.45) is 0 Å². The summed E-state index contributed by atoms with van der Waals surface area (Å²) in [4.78, 5) is 10.4. The molecule has 0 fully saturated rings. The van der Waals surface area contributed by atoms with Crippen LogP contribution >= 0.6 is 0 Å². The van der Waals surface area contributed by atoms with Crippen LogP contribution in [0, 0.1) is 0 Å². The third kappa shape index (κ3) is 3.52. The van der Waals surface area contributed by atoms with Crippen LogP contribution in [0.1, 0.15) is 51.5 Å². The minimum absolute atomic E-state index is 0.161. The molecule has 0 aromatic heterocycles. The number of hydrogen-bond donors (Lipinski definition) is 1. The van der Waals surface area contributed by atoms with Gasteiger partial charge in [-0.2, -0.15) is 0 Å². The predicted octanol–water partition coefficient (Wildman–Crippen LogP) is 2.63. The molecule has 2 rings (SSSR count). The van der Waals surface area contributed by atoms with E-state index in [1.165, 1.54) is 12.1 Å². The highest BCUT2D eigenvalue weighted by Gasteiger charge is 2.45. The highest BCUT2D eigenvalue weighted by molar-refractivity contribution is 7.85. The van der Waals surface area contributed by atoms with Gasteiger partial charge in [-0.15, -0.1) is 0 Å². The highest BCUT2D eigenvalue weighted by atomic mass is 32.2. The summed E-state index contributed by atoms with van der Waals surface area (Å²) in [5, 5.41) is 8.69. The van der Waals surface area contributed by atoms with Gasteiger partial charge in [-0.05, 0) is 31.9 Å². The molecule has 0 saturated carbocycles. The fourth-order valence-electron chi connectivity index (χ4n) is 3.40. The maximum Gasteiger partial charge on any atom is 0.303 e. The average molecular weight is 353 g/mol. The molecular weight excluding hydrogens is 330 g/mol. The number of nitrogens with zero attached hydrogens (tertiary/aromatic N) is 1. The minimum Gasteiger partial charge on any atom is -0.744 e. The fourth-order valence-corrected chi connectivity index (χ4v) is 3.89. The SMILES string of the molecule is CC1=[N+](C)c2ccc(S(=O)(=O)[O-])cc2C1(C)CCCCCC(=O)O. The number of hydrogen-bond acceptors (Lipinski definition) is 4. The number of carbonyl (C=O) groups is 1. The summed E-state index contributed by atoms with van der Waals surface area (Å²) in [7, 11) is -2.57. The van der Waals surface area contributed by atoms with Crippen molar-refractivity contribution in [2.75, 3.05) is 7.05 Å². The molecule has 0 radical (unpaired) electrons. The van der Waals surface area contributed by atoms with E-state index in [4.69, 9.17) is 5.11 Å². The number of unbranched alkanes of at least 4 members (excludes halogenated alkanes) is 2. The van der Waals surface area contributed by atoms with Crippen LogP contribution in [0.5, 0.6) is 0 Å². The number of carboxylic acids is 1. The van der Waals surface area contributed by atoms with Gasteiger partial charge in [0, 0.05) is 25.0 Å². The lowest BCUT2D eigenvalue weighted by molar-refractivity contribution is -0.403. The van der Waals surface area contributed by atoms with Crippen molar-refractivity contribution in [3.05, 3.63) is 23.8 Å². The van der Waals surface area contributed by atoms with Gasteiger partial charge in [0.15, 0.2) is 5.71 Å².